The first-order valence-electron chi connectivity index (χ1n) is 8.64. The molecule has 0 radical (unpaired) electrons. The van der Waals surface area contributed by atoms with E-state index in [-0.39, 0.29) is 35.6 Å². The van der Waals surface area contributed by atoms with E-state index in [1.807, 2.05) is 6.07 Å². The van der Waals surface area contributed by atoms with Crippen LogP contribution in [0.25, 0.3) is 11.3 Å². The first-order chi connectivity index (χ1) is 13.5. The van der Waals surface area contributed by atoms with Crippen LogP contribution in [-0.4, -0.2) is 41.7 Å². The van der Waals surface area contributed by atoms with Crippen LogP contribution in [0.15, 0.2) is 53.9 Å². The molecule has 0 saturated carbocycles. The van der Waals surface area contributed by atoms with Gasteiger partial charge in [-0.15, -0.1) is 0 Å². The number of pyridine rings is 1. The first-order valence-corrected chi connectivity index (χ1v) is 10.3. The third-order valence-corrected chi connectivity index (χ3v) is 6.14. The van der Waals surface area contributed by atoms with Gasteiger partial charge in [0.25, 0.3) is 5.91 Å². The monoisotopic (exact) mass is 398 g/mol. The van der Waals surface area contributed by atoms with Crippen LogP contribution in [0.2, 0.25) is 0 Å². The Morgan fingerprint density at radius 3 is 2.71 bits per heavy atom. The van der Waals surface area contributed by atoms with E-state index in [0.717, 1.165) is 5.56 Å². The Labute approximate surface area is 162 Å². The van der Waals surface area contributed by atoms with Gasteiger partial charge in [-0.2, -0.15) is 0 Å². The minimum absolute atomic E-state index is 0.0545. The number of carbonyl (C=O) groups excluding carboxylic acids is 1. The molecule has 1 amide bonds. The number of carbonyl (C=O) groups is 1. The van der Waals surface area contributed by atoms with E-state index in [1.165, 1.54) is 4.57 Å². The molecule has 3 aromatic rings. The van der Waals surface area contributed by atoms with Gasteiger partial charge in [0.1, 0.15) is 17.1 Å². The lowest BCUT2D eigenvalue weighted by molar-refractivity contribution is 0.0942. The molecule has 1 aliphatic heterocycles. The Kier molecular flexibility index (Phi) is 4.60. The number of rotatable bonds is 5. The smallest absolute Gasteiger partial charge is 0.270 e. The molecule has 0 bridgehead atoms. The van der Waals surface area contributed by atoms with Crippen molar-refractivity contribution in [1.29, 1.82) is 0 Å². The number of sulfone groups is 1. The van der Waals surface area contributed by atoms with E-state index in [2.05, 4.69) is 15.3 Å². The van der Waals surface area contributed by atoms with Crippen molar-refractivity contribution in [2.75, 3.05) is 12.9 Å². The summed E-state index contributed by atoms with van der Waals surface area (Å²) in [5.74, 6) is 0.220. The van der Waals surface area contributed by atoms with Crippen LogP contribution in [0.1, 0.15) is 16.1 Å². The lowest BCUT2D eigenvalue weighted by Gasteiger charge is -2.09. The van der Waals surface area contributed by atoms with Crippen molar-refractivity contribution in [3.63, 3.8) is 0 Å². The summed E-state index contributed by atoms with van der Waals surface area (Å²) in [5.41, 5.74) is 2.06. The summed E-state index contributed by atoms with van der Waals surface area (Å²) in [5, 5.41) is 2.77. The van der Waals surface area contributed by atoms with Crippen LogP contribution in [-0.2, 0) is 22.9 Å². The number of methoxy groups -OCH3 is 1. The third kappa shape index (κ3) is 3.24. The van der Waals surface area contributed by atoms with Gasteiger partial charge in [0.15, 0.2) is 0 Å². The van der Waals surface area contributed by atoms with Gasteiger partial charge in [-0.05, 0) is 35.9 Å². The molecule has 0 aliphatic carbocycles. The van der Waals surface area contributed by atoms with Crippen LogP contribution in [0.5, 0.6) is 5.75 Å². The van der Waals surface area contributed by atoms with Crippen molar-refractivity contribution >= 4 is 15.7 Å². The quantitative estimate of drug-likeness (QED) is 0.701. The number of nitrogens with zero attached hydrogens (tertiary/aromatic N) is 3. The number of nitrogens with one attached hydrogen (secondary N) is 1. The largest absolute Gasteiger partial charge is 0.497 e. The average molecular weight is 398 g/mol. The summed E-state index contributed by atoms with van der Waals surface area (Å²) < 4.78 is 31.3. The van der Waals surface area contributed by atoms with Gasteiger partial charge >= 0.3 is 0 Å². The summed E-state index contributed by atoms with van der Waals surface area (Å²) in [6.45, 7) is 0.485. The number of amides is 1. The van der Waals surface area contributed by atoms with Crippen LogP contribution >= 0.6 is 0 Å². The molecule has 1 aliphatic rings. The number of hydrogen-bond acceptors (Lipinski definition) is 6. The number of hydrogen-bond donors (Lipinski definition) is 1. The van der Waals surface area contributed by atoms with Gasteiger partial charge in [-0.25, -0.2) is 13.4 Å². The zero-order valence-electron chi connectivity index (χ0n) is 15.1. The van der Waals surface area contributed by atoms with E-state index in [0.29, 0.717) is 17.0 Å². The van der Waals surface area contributed by atoms with Gasteiger partial charge in [0, 0.05) is 31.0 Å². The average Bonchev–Trinajstić information content (AvgIpc) is 3.24. The zero-order chi connectivity index (χ0) is 19.7. The Morgan fingerprint density at radius 2 is 2.04 bits per heavy atom. The molecule has 0 atom stereocenters. The van der Waals surface area contributed by atoms with Crippen molar-refractivity contribution in [3.8, 4) is 17.0 Å². The molecular weight excluding hydrogens is 380 g/mol. The highest BCUT2D eigenvalue weighted by Crippen LogP contribution is 2.31. The highest BCUT2D eigenvalue weighted by Gasteiger charge is 2.35. The standard InChI is InChI=1S/C19H18N4O4S/c1-27-15-6-4-14(5-7-15)16-17(23-9-10-28(25,26)19(23)22-16)18(24)21-12-13-3-2-8-20-11-13/h2-8,11H,9-10,12H2,1H3,(H,21,24). The number of fused-ring (bicyclic) bond motifs is 1. The summed E-state index contributed by atoms with van der Waals surface area (Å²) >= 11 is 0. The molecule has 28 heavy (non-hydrogen) atoms. The highest BCUT2D eigenvalue weighted by atomic mass is 32.2. The van der Waals surface area contributed by atoms with Crippen molar-refractivity contribution in [3.05, 3.63) is 60.0 Å². The van der Waals surface area contributed by atoms with E-state index in [9.17, 15) is 13.2 Å². The predicted octanol–water partition coefficient (Wildman–Crippen LogP) is 1.67. The molecule has 1 N–H and O–H groups in total. The molecule has 4 rings (SSSR count). The van der Waals surface area contributed by atoms with E-state index in [1.54, 1.807) is 49.8 Å². The van der Waals surface area contributed by atoms with Gasteiger partial charge < -0.3 is 14.6 Å². The van der Waals surface area contributed by atoms with Gasteiger partial charge in [0.2, 0.25) is 15.0 Å². The molecular formula is C19H18N4O4S. The Hall–Kier alpha value is -3.20. The Morgan fingerprint density at radius 1 is 1.25 bits per heavy atom. The van der Waals surface area contributed by atoms with E-state index < -0.39 is 9.84 Å². The second-order valence-corrected chi connectivity index (χ2v) is 8.34. The Bertz CT molecular complexity index is 1120. The molecule has 0 unspecified atom stereocenters. The fraction of sp³-hybridized carbons (Fsp3) is 0.211. The predicted molar refractivity (Wildman–Crippen MR) is 102 cm³/mol. The van der Waals surface area contributed by atoms with Crippen molar-refractivity contribution in [1.82, 2.24) is 19.9 Å². The minimum Gasteiger partial charge on any atom is -0.497 e. The molecule has 1 aromatic carbocycles. The van der Waals surface area contributed by atoms with E-state index >= 15 is 0 Å². The lowest BCUT2D eigenvalue weighted by Crippen LogP contribution is -2.26. The van der Waals surface area contributed by atoms with Gasteiger partial charge in [-0.1, -0.05) is 6.07 Å². The number of ether oxygens (including phenoxy) is 1. The van der Waals surface area contributed by atoms with Crippen molar-refractivity contribution in [2.24, 2.45) is 0 Å². The van der Waals surface area contributed by atoms with Crippen molar-refractivity contribution < 1.29 is 17.9 Å². The van der Waals surface area contributed by atoms with Crippen LogP contribution in [0, 0.1) is 0 Å². The lowest BCUT2D eigenvalue weighted by atomic mass is 10.1. The summed E-state index contributed by atoms with van der Waals surface area (Å²) in [6, 6.07) is 10.6. The van der Waals surface area contributed by atoms with Crippen LogP contribution in [0.3, 0.4) is 0 Å². The van der Waals surface area contributed by atoms with E-state index in [4.69, 9.17) is 4.74 Å². The second-order valence-electron chi connectivity index (χ2n) is 6.33. The fourth-order valence-electron chi connectivity index (χ4n) is 3.13. The molecule has 2 aromatic heterocycles. The molecule has 0 saturated heterocycles. The fourth-order valence-corrected chi connectivity index (χ4v) is 4.48. The molecule has 0 fully saturated rings. The molecule has 144 valence electrons. The number of aromatic nitrogens is 3. The topological polar surface area (TPSA) is 103 Å². The number of benzene rings is 1. The number of imidazole rings is 1. The summed E-state index contributed by atoms with van der Waals surface area (Å²) in [4.78, 5) is 21.3. The maximum Gasteiger partial charge on any atom is 0.270 e. The SMILES string of the molecule is COc1ccc(-c2nc3n(c2C(=O)NCc2cccnc2)CCS3(=O)=O)cc1. The Balaban J connectivity index is 1.73. The minimum atomic E-state index is -3.49. The van der Waals surface area contributed by atoms with Crippen molar-refractivity contribution in [2.45, 2.75) is 18.2 Å². The maximum absolute atomic E-state index is 13.0. The summed E-state index contributed by atoms with van der Waals surface area (Å²) in [7, 11) is -1.93. The highest BCUT2D eigenvalue weighted by molar-refractivity contribution is 7.91. The van der Waals surface area contributed by atoms with Gasteiger partial charge in [-0.3, -0.25) is 9.78 Å². The van der Waals surface area contributed by atoms with Gasteiger partial charge in [0.05, 0.1) is 12.9 Å². The first kappa shape index (κ1) is 18.2. The zero-order valence-corrected chi connectivity index (χ0v) is 15.9. The maximum atomic E-state index is 13.0. The van der Waals surface area contributed by atoms with Crippen LogP contribution in [0.4, 0.5) is 0 Å². The third-order valence-electron chi connectivity index (χ3n) is 4.55. The molecule has 3 heterocycles. The summed E-state index contributed by atoms with van der Waals surface area (Å²) in [6.07, 6.45) is 3.32. The molecule has 8 nitrogen and oxygen atoms in total. The molecule has 0 spiro atoms. The molecule has 9 heteroatoms. The van der Waals surface area contributed by atoms with Crippen LogP contribution < -0.4 is 10.1 Å². The second kappa shape index (κ2) is 7.08. The normalized spacial score (nSPS) is 14.5.